The summed E-state index contributed by atoms with van der Waals surface area (Å²) in [5, 5.41) is 13.0. The lowest BCUT2D eigenvalue weighted by molar-refractivity contribution is -0.384. The smallest absolute Gasteiger partial charge is 0.273 e. The predicted molar refractivity (Wildman–Crippen MR) is 102 cm³/mol. The van der Waals surface area contributed by atoms with Crippen LogP contribution in [0.1, 0.15) is 21.1 Å². The Kier molecular flexibility index (Phi) is 5.77. The Balaban J connectivity index is 1.57. The SMILES string of the molecule is CN(Cc1ccccc1)C(=O)c1csc(COc2ccc([N+](=O)[O-])cc2)n1. The summed E-state index contributed by atoms with van der Waals surface area (Å²) >= 11 is 1.34. The summed E-state index contributed by atoms with van der Waals surface area (Å²) in [7, 11) is 1.74. The van der Waals surface area contributed by atoms with Crippen LogP contribution in [-0.4, -0.2) is 27.8 Å². The maximum atomic E-state index is 12.5. The topological polar surface area (TPSA) is 85.6 Å². The fourth-order valence-electron chi connectivity index (χ4n) is 2.41. The minimum atomic E-state index is -0.464. The third-order valence-corrected chi connectivity index (χ3v) is 4.61. The molecule has 0 spiro atoms. The Labute approximate surface area is 160 Å². The quantitative estimate of drug-likeness (QED) is 0.456. The highest BCUT2D eigenvalue weighted by Gasteiger charge is 2.16. The molecule has 0 fully saturated rings. The second-order valence-corrected chi connectivity index (χ2v) is 6.76. The average Bonchev–Trinajstić information content (AvgIpc) is 3.16. The second-order valence-electron chi connectivity index (χ2n) is 5.81. The van der Waals surface area contributed by atoms with Crippen LogP contribution in [0.15, 0.2) is 60.0 Å². The summed E-state index contributed by atoms with van der Waals surface area (Å²) in [6, 6.07) is 15.6. The van der Waals surface area contributed by atoms with Gasteiger partial charge in [-0.1, -0.05) is 30.3 Å². The number of carbonyl (C=O) groups is 1. The molecule has 8 heteroatoms. The molecule has 0 aliphatic heterocycles. The van der Waals surface area contributed by atoms with Gasteiger partial charge in [0, 0.05) is 31.1 Å². The van der Waals surface area contributed by atoms with E-state index < -0.39 is 4.92 Å². The van der Waals surface area contributed by atoms with Gasteiger partial charge in [-0.25, -0.2) is 4.98 Å². The first-order chi connectivity index (χ1) is 13.0. The van der Waals surface area contributed by atoms with Gasteiger partial charge in [0.05, 0.1) is 4.92 Å². The number of nitrogens with zero attached hydrogens (tertiary/aromatic N) is 3. The lowest BCUT2D eigenvalue weighted by Gasteiger charge is -2.15. The number of non-ortho nitro benzene ring substituents is 1. The molecule has 27 heavy (non-hydrogen) atoms. The van der Waals surface area contributed by atoms with E-state index in [0.717, 1.165) is 5.56 Å². The van der Waals surface area contributed by atoms with E-state index in [2.05, 4.69) is 4.98 Å². The van der Waals surface area contributed by atoms with E-state index in [1.807, 2.05) is 30.3 Å². The maximum absolute atomic E-state index is 12.5. The molecule has 0 aliphatic rings. The zero-order chi connectivity index (χ0) is 19.2. The summed E-state index contributed by atoms with van der Waals surface area (Å²) in [5.74, 6) is 0.349. The molecule has 0 aliphatic carbocycles. The third-order valence-electron chi connectivity index (χ3n) is 3.79. The number of amides is 1. The molecule has 1 heterocycles. The van der Waals surface area contributed by atoms with Crippen LogP contribution in [0.4, 0.5) is 5.69 Å². The predicted octanol–water partition coefficient (Wildman–Crippen LogP) is 3.90. The summed E-state index contributed by atoms with van der Waals surface area (Å²) in [6.45, 7) is 0.698. The van der Waals surface area contributed by atoms with E-state index >= 15 is 0 Å². The van der Waals surface area contributed by atoms with Gasteiger partial charge in [0.15, 0.2) is 0 Å². The van der Waals surface area contributed by atoms with Crippen molar-refractivity contribution >= 4 is 22.9 Å². The highest BCUT2D eigenvalue weighted by Crippen LogP contribution is 2.20. The summed E-state index contributed by atoms with van der Waals surface area (Å²) in [4.78, 5) is 28.6. The van der Waals surface area contributed by atoms with Crippen molar-refractivity contribution in [2.45, 2.75) is 13.2 Å². The first kappa shape index (κ1) is 18.5. The minimum absolute atomic E-state index is 0.00550. The van der Waals surface area contributed by atoms with Gasteiger partial charge in [-0.05, 0) is 17.7 Å². The largest absolute Gasteiger partial charge is 0.486 e. The number of hydrogen-bond donors (Lipinski definition) is 0. The monoisotopic (exact) mass is 383 g/mol. The van der Waals surface area contributed by atoms with Gasteiger partial charge in [-0.2, -0.15) is 0 Å². The average molecular weight is 383 g/mol. The highest BCUT2D eigenvalue weighted by atomic mass is 32.1. The molecule has 2 aromatic carbocycles. The molecule has 138 valence electrons. The Morgan fingerprint density at radius 1 is 1.19 bits per heavy atom. The third kappa shape index (κ3) is 4.89. The molecule has 0 saturated carbocycles. The number of benzene rings is 2. The van der Waals surface area contributed by atoms with E-state index in [1.54, 1.807) is 17.3 Å². The molecule has 3 rings (SSSR count). The Hall–Kier alpha value is -3.26. The fourth-order valence-corrected chi connectivity index (χ4v) is 3.09. The summed E-state index contributed by atoms with van der Waals surface area (Å²) < 4.78 is 5.58. The molecule has 0 radical (unpaired) electrons. The van der Waals surface area contributed by atoms with E-state index in [1.165, 1.54) is 35.6 Å². The van der Waals surface area contributed by atoms with Crippen molar-refractivity contribution in [3.8, 4) is 5.75 Å². The van der Waals surface area contributed by atoms with Crippen molar-refractivity contribution < 1.29 is 14.5 Å². The molecule has 0 atom stereocenters. The molecule has 0 N–H and O–H groups in total. The Bertz CT molecular complexity index is 926. The summed E-state index contributed by atoms with van der Waals surface area (Å²) in [5.41, 5.74) is 1.43. The molecule has 3 aromatic rings. The first-order valence-corrected chi connectivity index (χ1v) is 9.02. The van der Waals surface area contributed by atoms with Gasteiger partial charge in [0.25, 0.3) is 11.6 Å². The normalized spacial score (nSPS) is 10.4. The number of ether oxygens (including phenoxy) is 1. The zero-order valence-electron chi connectivity index (χ0n) is 14.6. The van der Waals surface area contributed by atoms with E-state index in [0.29, 0.717) is 23.0 Å². The van der Waals surface area contributed by atoms with Crippen molar-refractivity contribution in [1.82, 2.24) is 9.88 Å². The van der Waals surface area contributed by atoms with Crippen LogP contribution in [0.5, 0.6) is 5.75 Å². The number of rotatable bonds is 7. The van der Waals surface area contributed by atoms with Gasteiger partial charge in [0.1, 0.15) is 23.1 Å². The number of carbonyl (C=O) groups excluding carboxylic acids is 1. The number of nitro benzene ring substituents is 1. The molecular formula is C19H17N3O4S. The highest BCUT2D eigenvalue weighted by molar-refractivity contribution is 7.09. The lowest BCUT2D eigenvalue weighted by atomic mass is 10.2. The molecule has 1 amide bonds. The van der Waals surface area contributed by atoms with Crippen molar-refractivity contribution in [2.24, 2.45) is 0 Å². The van der Waals surface area contributed by atoms with Crippen LogP contribution in [0.25, 0.3) is 0 Å². The number of hydrogen-bond acceptors (Lipinski definition) is 6. The van der Waals surface area contributed by atoms with Gasteiger partial charge in [-0.3, -0.25) is 14.9 Å². The van der Waals surface area contributed by atoms with Gasteiger partial charge >= 0.3 is 0 Å². The van der Waals surface area contributed by atoms with Crippen LogP contribution in [-0.2, 0) is 13.2 Å². The maximum Gasteiger partial charge on any atom is 0.273 e. The molecule has 1 aromatic heterocycles. The van der Waals surface area contributed by atoms with Gasteiger partial charge in [0.2, 0.25) is 0 Å². The van der Waals surface area contributed by atoms with Crippen LogP contribution in [0, 0.1) is 10.1 Å². The fraction of sp³-hybridized carbons (Fsp3) is 0.158. The Morgan fingerprint density at radius 2 is 1.89 bits per heavy atom. The second kappa shape index (κ2) is 8.41. The molecule has 0 saturated heterocycles. The Morgan fingerprint density at radius 3 is 2.56 bits per heavy atom. The zero-order valence-corrected chi connectivity index (χ0v) is 15.4. The molecular weight excluding hydrogens is 366 g/mol. The summed E-state index contributed by atoms with van der Waals surface area (Å²) in [6.07, 6.45) is 0. The van der Waals surface area contributed by atoms with E-state index in [-0.39, 0.29) is 18.2 Å². The van der Waals surface area contributed by atoms with Crippen molar-refractivity contribution in [3.05, 3.63) is 86.4 Å². The van der Waals surface area contributed by atoms with Gasteiger partial charge < -0.3 is 9.64 Å². The van der Waals surface area contributed by atoms with Crippen molar-refractivity contribution in [3.63, 3.8) is 0 Å². The number of nitro groups is 1. The van der Waals surface area contributed by atoms with Crippen LogP contribution >= 0.6 is 11.3 Å². The van der Waals surface area contributed by atoms with Crippen LogP contribution in [0.2, 0.25) is 0 Å². The van der Waals surface area contributed by atoms with E-state index in [4.69, 9.17) is 4.74 Å². The molecule has 0 unspecified atom stereocenters. The van der Waals surface area contributed by atoms with Crippen LogP contribution in [0.3, 0.4) is 0 Å². The van der Waals surface area contributed by atoms with Crippen molar-refractivity contribution in [1.29, 1.82) is 0 Å². The standard InChI is InChI=1S/C19H17N3O4S/c1-21(11-14-5-3-2-4-6-14)19(23)17-13-27-18(20-17)12-26-16-9-7-15(8-10-16)22(24)25/h2-10,13H,11-12H2,1H3. The van der Waals surface area contributed by atoms with Gasteiger partial charge in [-0.15, -0.1) is 11.3 Å². The number of aromatic nitrogens is 1. The molecule has 0 bridgehead atoms. The first-order valence-electron chi connectivity index (χ1n) is 8.14. The lowest BCUT2D eigenvalue weighted by Crippen LogP contribution is -2.26. The number of thiazole rings is 1. The molecule has 7 nitrogen and oxygen atoms in total. The van der Waals surface area contributed by atoms with Crippen LogP contribution < -0.4 is 4.74 Å². The van der Waals surface area contributed by atoms with E-state index in [9.17, 15) is 14.9 Å². The minimum Gasteiger partial charge on any atom is -0.486 e. The van der Waals surface area contributed by atoms with Crippen molar-refractivity contribution in [2.75, 3.05) is 7.05 Å².